The number of hydrogen-bond acceptors (Lipinski definition) is 2. The molecule has 0 spiro atoms. The lowest BCUT2D eigenvalue weighted by Crippen LogP contribution is -2.12. The molecule has 96 valence electrons. The zero-order valence-electron chi connectivity index (χ0n) is 10.7. The van der Waals surface area contributed by atoms with Crippen molar-refractivity contribution in [3.05, 3.63) is 71.8 Å². The molecule has 0 bridgehead atoms. The minimum absolute atomic E-state index is 0.0219. The fraction of sp³-hybridized carbons (Fsp3) is 0.176. The van der Waals surface area contributed by atoms with Gasteiger partial charge < -0.3 is 4.79 Å². The first kappa shape index (κ1) is 13.2. The van der Waals surface area contributed by atoms with Gasteiger partial charge in [0.15, 0.2) is 5.78 Å². The second-order valence-corrected chi connectivity index (χ2v) is 4.58. The van der Waals surface area contributed by atoms with Gasteiger partial charge in [-0.1, -0.05) is 60.7 Å². The molecule has 2 rings (SSSR count). The summed E-state index contributed by atoms with van der Waals surface area (Å²) in [4.78, 5) is 23.2. The Morgan fingerprint density at radius 2 is 1.53 bits per heavy atom. The topological polar surface area (TPSA) is 34.1 Å². The van der Waals surface area contributed by atoms with Crippen molar-refractivity contribution in [2.75, 3.05) is 0 Å². The predicted molar refractivity (Wildman–Crippen MR) is 75.1 cm³/mol. The molecule has 0 saturated carbocycles. The highest BCUT2D eigenvalue weighted by Crippen LogP contribution is 2.14. The maximum Gasteiger partial charge on any atom is 0.163 e. The molecule has 2 heteroatoms. The van der Waals surface area contributed by atoms with Crippen LogP contribution in [0.5, 0.6) is 0 Å². The third kappa shape index (κ3) is 3.88. The van der Waals surface area contributed by atoms with Crippen molar-refractivity contribution in [2.45, 2.75) is 12.8 Å². The number of carbonyl (C=O) groups excluding carboxylic acids is 2. The smallest absolute Gasteiger partial charge is 0.163 e. The molecule has 2 aromatic rings. The van der Waals surface area contributed by atoms with Crippen LogP contribution in [0.4, 0.5) is 0 Å². The normalized spacial score (nSPS) is 11.8. The van der Waals surface area contributed by atoms with E-state index in [-0.39, 0.29) is 18.1 Å². The zero-order chi connectivity index (χ0) is 13.5. The Hall–Kier alpha value is -2.22. The number of rotatable bonds is 6. The van der Waals surface area contributed by atoms with Crippen LogP contribution < -0.4 is 0 Å². The van der Waals surface area contributed by atoms with Gasteiger partial charge in [-0.05, 0) is 12.0 Å². The molecule has 1 atom stereocenters. The van der Waals surface area contributed by atoms with Crippen LogP contribution in [0.25, 0.3) is 0 Å². The Morgan fingerprint density at radius 3 is 2.11 bits per heavy atom. The molecule has 0 aliphatic rings. The lowest BCUT2D eigenvalue weighted by Gasteiger charge is -2.09. The fourth-order valence-electron chi connectivity index (χ4n) is 2.07. The second kappa shape index (κ2) is 6.64. The Morgan fingerprint density at radius 1 is 0.947 bits per heavy atom. The van der Waals surface area contributed by atoms with E-state index in [1.807, 2.05) is 48.5 Å². The van der Waals surface area contributed by atoms with E-state index in [0.29, 0.717) is 12.0 Å². The summed E-state index contributed by atoms with van der Waals surface area (Å²) in [6.45, 7) is 0. The van der Waals surface area contributed by atoms with Gasteiger partial charge in [-0.25, -0.2) is 0 Å². The van der Waals surface area contributed by atoms with E-state index in [2.05, 4.69) is 0 Å². The molecule has 2 aromatic carbocycles. The van der Waals surface area contributed by atoms with Crippen LogP contribution in [-0.2, 0) is 11.2 Å². The molecular weight excluding hydrogens is 236 g/mol. The summed E-state index contributed by atoms with van der Waals surface area (Å²) in [5.74, 6) is -0.233. The maximum absolute atomic E-state index is 12.0. The van der Waals surface area contributed by atoms with Crippen molar-refractivity contribution in [3.8, 4) is 0 Å². The summed E-state index contributed by atoms with van der Waals surface area (Å²) in [6, 6.07) is 18.9. The highest BCUT2D eigenvalue weighted by Gasteiger charge is 2.15. The maximum atomic E-state index is 12.0. The summed E-state index contributed by atoms with van der Waals surface area (Å²) in [7, 11) is 0. The standard InChI is InChI=1S/C17H16O2/c18-13-15(11-14-7-3-1-4-8-14)12-17(19)16-9-5-2-6-10-16/h1-10,13,15H,11-12H2/t15-/m1/s1. The molecule has 0 aliphatic carbocycles. The molecule has 0 aromatic heterocycles. The van der Waals surface area contributed by atoms with Crippen LogP contribution in [0, 0.1) is 5.92 Å². The molecule has 2 nitrogen and oxygen atoms in total. The summed E-state index contributed by atoms with van der Waals surface area (Å²) in [6.07, 6.45) is 1.76. The van der Waals surface area contributed by atoms with Crippen molar-refractivity contribution in [3.63, 3.8) is 0 Å². The van der Waals surface area contributed by atoms with Crippen LogP contribution >= 0.6 is 0 Å². The first-order chi connectivity index (χ1) is 9.29. The highest BCUT2D eigenvalue weighted by molar-refractivity contribution is 5.97. The molecular formula is C17H16O2. The van der Waals surface area contributed by atoms with E-state index in [0.717, 1.165) is 11.8 Å². The summed E-state index contributed by atoms with van der Waals surface area (Å²) >= 11 is 0. The van der Waals surface area contributed by atoms with Gasteiger partial charge >= 0.3 is 0 Å². The number of aldehydes is 1. The van der Waals surface area contributed by atoms with Gasteiger partial charge in [-0.2, -0.15) is 0 Å². The fourth-order valence-corrected chi connectivity index (χ4v) is 2.07. The summed E-state index contributed by atoms with van der Waals surface area (Å²) in [5, 5.41) is 0. The quantitative estimate of drug-likeness (QED) is 0.584. The first-order valence-electron chi connectivity index (χ1n) is 6.37. The van der Waals surface area contributed by atoms with Gasteiger partial charge in [0.05, 0.1) is 0 Å². The molecule has 0 saturated heterocycles. The third-order valence-corrected chi connectivity index (χ3v) is 3.08. The van der Waals surface area contributed by atoms with Crippen molar-refractivity contribution in [1.82, 2.24) is 0 Å². The first-order valence-corrected chi connectivity index (χ1v) is 6.37. The van der Waals surface area contributed by atoms with Crippen LogP contribution in [0.3, 0.4) is 0 Å². The van der Waals surface area contributed by atoms with Gasteiger partial charge in [-0.3, -0.25) is 4.79 Å². The molecule has 0 N–H and O–H groups in total. The molecule has 0 aliphatic heterocycles. The number of Topliss-reactive ketones (excluding diaryl/α,β-unsaturated/α-hetero) is 1. The van der Waals surface area contributed by atoms with Crippen molar-refractivity contribution < 1.29 is 9.59 Å². The largest absolute Gasteiger partial charge is 0.303 e. The van der Waals surface area contributed by atoms with Crippen LogP contribution in [0.1, 0.15) is 22.3 Å². The van der Waals surface area contributed by atoms with Gasteiger partial charge in [0, 0.05) is 17.9 Å². The van der Waals surface area contributed by atoms with Crippen molar-refractivity contribution >= 4 is 12.1 Å². The van der Waals surface area contributed by atoms with E-state index in [9.17, 15) is 9.59 Å². The zero-order valence-corrected chi connectivity index (χ0v) is 10.7. The minimum Gasteiger partial charge on any atom is -0.303 e. The average Bonchev–Trinajstić information content (AvgIpc) is 2.48. The van der Waals surface area contributed by atoms with Crippen LogP contribution in [0.15, 0.2) is 60.7 Å². The van der Waals surface area contributed by atoms with E-state index < -0.39 is 0 Å². The lowest BCUT2D eigenvalue weighted by molar-refractivity contribution is -0.111. The summed E-state index contributed by atoms with van der Waals surface area (Å²) < 4.78 is 0. The minimum atomic E-state index is -0.255. The number of carbonyl (C=O) groups is 2. The molecule has 0 heterocycles. The third-order valence-electron chi connectivity index (χ3n) is 3.08. The average molecular weight is 252 g/mol. The Balaban J connectivity index is 2.00. The number of benzene rings is 2. The lowest BCUT2D eigenvalue weighted by atomic mass is 9.93. The van der Waals surface area contributed by atoms with Crippen LogP contribution in [0.2, 0.25) is 0 Å². The van der Waals surface area contributed by atoms with Gasteiger partial charge in [0.25, 0.3) is 0 Å². The molecule has 0 amide bonds. The van der Waals surface area contributed by atoms with E-state index >= 15 is 0 Å². The molecule has 0 unspecified atom stereocenters. The van der Waals surface area contributed by atoms with Gasteiger partial charge in [0.2, 0.25) is 0 Å². The molecule has 0 fully saturated rings. The highest BCUT2D eigenvalue weighted by atomic mass is 16.1. The van der Waals surface area contributed by atoms with Crippen molar-refractivity contribution in [2.24, 2.45) is 5.92 Å². The Labute approximate surface area is 113 Å². The van der Waals surface area contributed by atoms with Crippen molar-refractivity contribution in [1.29, 1.82) is 0 Å². The van der Waals surface area contributed by atoms with Crippen LogP contribution in [-0.4, -0.2) is 12.1 Å². The van der Waals surface area contributed by atoms with E-state index in [4.69, 9.17) is 0 Å². The van der Waals surface area contributed by atoms with Gasteiger partial charge in [0.1, 0.15) is 6.29 Å². The molecule has 0 radical (unpaired) electrons. The monoisotopic (exact) mass is 252 g/mol. The molecule has 19 heavy (non-hydrogen) atoms. The Bertz CT molecular complexity index is 532. The number of ketones is 1. The number of hydrogen-bond donors (Lipinski definition) is 0. The summed E-state index contributed by atoms with van der Waals surface area (Å²) in [5.41, 5.74) is 1.75. The second-order valence-electron chi connectivity index (χ2n) is 4.58. The van der Waals surface area contributed by atoms with E-state index in [1.54, 1.807) is 12.1 Å². The SMILES string of the molecule is O=C[C@@H](CC(=O)c1ccccc1)Cc1ccccc1. The Kier molecular flexibility index (Phi) is 4.62. The van der Waals surface area contributed by atoms with Gasteiger partial charge in [-0.15, -0.1) is 0 Å². The van der Waals surface area contributed by atoms with E-state index in [1.165, 1.54) is 0 Å². The predicted octanol–water partition coefficient (Wildman–Crippen LogP) is 3.32.